The molecule has 1 aromatic heterocycles. The molecule has 1 rings (SSSR count). The molecule has 108 valence electrons. The van der Waals surface area contributed by atoms with Crippen LogP contribution in [-0.4, -0.2) is 37.0 Å². The zero-order valence-electron chi connectivity index (χ0n) is 11.0. The first-order valence-electron chi connectivity index (χ1n) is 5.71. The van der Waals surface area contributed by atoms with Gasteiger partial charge in [0.1, 0.15) is 10.7 Å². The second-order valence-electron chi connectivity index (χ2n) is 4.02. The first-order valence-corrected chi connectivity index (χ1v) is 8.35. The van der Waals surface area contributed by atoms with Crippen molar-refractivity contribution in [3.8, 4) is 0 Å². The van der Waals surface area contributed by atoms with Crippen LogP contribution in [0.25, 0.3) is 0 Å². The van der Waals surface area contributed by atoms with Crippen molar-refractivity contribution in [3.63, 3.8) is 0 Å². The predicted octanol–water partition coefficient (Wildman–Crippen LogP) is 1.71. The quantitative estimate of drug-likeness (QED) is 0.796. The largest absolute Gasteiger partial charge is 0.475 e. The molecule has 1 heterocycles. The van der Waals surface area contributed by atoms with Crippen molar-refractivity contribution in [3.05, 3.63) is 17.6 Å². The Morgan fingerprint density at radius 1 is 1.58 bits per heavy atom. The van der Waals surface area contributed by atoms with Gasteiger partial charge in [-0.15, -0.1) is 0 Å². The Hall–Kier alpha value is -0.990. The number of sulfonamides is 1. The van der Waals surface area contributed by atoms with E-state index in [0.717, 1.165) is 11.8 Å². The van der Waals surface area contributed by atoms with E-state index in [9.17, 15) is 13.2 Å². The lowest BCUT2D eigenvalue weighted by molar-refractivity contribution is 0.0661. The molecule has 0 aliphatic heterocycles. The summed E-state index contributed by atoms with van der Waals surface area (Å²) in [5.41, 5.74) is 0. The molecule has 1 aromatic rings. The summed E-state index contributed by atoms with van der Waals surface area (Å²) in [5, 5.41) is 8.77. The summed E-state index contributed by atoms with van der Waals surface area (Å²) in [4.78, 5) is 10.6. The summed E-state index contributed by atoms with van der Waals surface area (Å²) < 4.78 is 31.6. The molecule has 0 aromatic carbocycles. The third-order valence-corrected chi connectivity index (χ3v) is 5.14. The van der Waals surface area contributed by atoms with Crippen LogP contribution >= 0.6 is 11.8 Å². The molecule has 2 N–H and O–H groups in total. The van der Waals surface area contributed by atoms with Crippen molar-refractivity contribution in [1.29, 1.82) is 0 Å². The van der Waals surface area contributed by atoms with Gasteiger partial charge >= 0.3 is 5.97 Å². The molecule has 0 saturated carbocycles. The number of nitrogens with one attached hydrogen (secondary N) is 1. The Balaban J connectivity index is 2.91. The summed E-state index contributed by atoms with van der Waals surface area (Å²) in [5.74, 6) is -0.0499. The van der Waals surface area contributed by atoms with Crippen molar-refractivity contribution < 1.29 is 22.7 Å². The second kappa shape index (κ2) is 6.44. The zero-order chi connectivity index (χ0) is 14.6. The van der Waals surface area contributed by atoms with Crippen LogP contribution in [0.1, 0.15) is 30.2 Å². The number of hydrogen-bond donors (Lipinski definition) is 2. The Bertz CT molecular complexity index is 549. The van der Waals surface area contributed by atoms with Crippen LogP contribution in [0.4, 0.5) is 0 Å². The molecule has 8 heteroatoms. The minimum Gasteiger partial charge on any atom is -0.475 e. The van der Waals surface area contributed by atoms with Gasteiger partial charge in [-0.1, -0.05) is 6.92 Å². The van der Waals surface area contributed by atoms with Gasteiger partial charge < -0.3 is 9.52 Å². The SMILES string of the molecule is CCSCC(C)NS(=O)(=O)c1cc(C(=O)O)oc1C. The molecular weight excluding hydrogens is 290 g/mol. The smallest absolute Gasteiger partial charge is 0.371 e. The highest BCUT2D eigenvalue weighted by Crippen LogP contribution is 2.20. The summed E-state index contributed by atoms with van der Waals surface area (Å²) in [7, 11) is -3.75. The Morgan fingerprint density at radius 3 is 2.68 bits per heavy atom. The second-order valence-corrected chi connectivity index (χ2v) is 7.02. The number of carboxylic acids is 1. The van der Waals surface area contributed by atoms with E-state index in [0.29, 0.717) is 5.75 Å². The van der Waals surface area contributed by atoms with E-state index in [1.165, 1.54) is 6.92 Å². The van der Waals surface area contributed by atoms with E-state index in [2.05, 4.69) is 4.72 Å². The van der Waals surface area contributed by atoms with Crippen molar-refractivity contribution in [2.24, 2.45) is 0 Å². The highest BCUT2D eigenvalue weighted by molar-refractivity contribution is 7.99. The summed E-state index contributed by atoms with van der Waals surface area (Å²) >= 11 is 1.62. The Morgan fingerprint density at radius 2 is 2.21 bits per heavy atom. The molecule has 19 heavy (non-hydrogen) atoms. The lowest BCUT2D eigenvalue weighted by Crippen LogP contribution is -2.34. The average Bonchev–Trinajstić information content (AvgIpc) is 2.69. The van der Waals surface area contributed by atoms with E-state index in [-0.39, 0.29) is 22.5 Å². The van der Waals surface area contributed by atoms with Gasteiger partial charge in [0.2, 0.25) is 15.8 Å². The number of carbonyl (C=O) groups is 1. The van der Waals surface area contributed by atoms with E-state index in [1.54, 1.807) is 18.7 Å². The molecule has 0 aliphatic carbocycles. The molecule has 0 aliphatic rings. The molecule has 0 radical (unpaired) electrons. The zero-order valence-corrected chi connectivity index (χ0v) is 12.6. The standard InChI is InChI=1S/C11H17NO5S2/c1-4-18-6-7(2)12-19(15,16)10-5-9(11(13)14)17-8(10)3/h5,7,12H,4,6H2,1-3H3,(H,13,14). The monoisotopic (exact) mass is 307 g/mol. The van der Waals surface area contributed by atoms with Crippen molar-refractivity contribution in [1.82, 2.24) is 4.72 Å². The van der Waals surface area contributed by atoms with E-state index >= 15 is 0 Å². The van der Waals surface area contributed by atoms with Gasteiger partial charge in [0, 0.05) is 17.9 Å². The molecule has 0 fully saturated rings. The third-order valence-electron chi connectivity index (χ3n) is 2.30. The van der Waals surface area contributed by atoms with Gasteiger partial charge in [-0.05, 0) is 19.6 Å². The average molecular weight is 307 g/mol. The number of rotatable bonds is 7. The molecule has 1 unspecified atom stereocenters. The van der Waals surface area contributed by atoms with Gasteiger partial charge in [0.15, 0.2) is 0 Å². The predicted molar refractivity (Wildman–Crippen MR) is 73.2 cm³/mol. The van der Waals surface area contributed by atoms with Gasteiger partial charge in [-0.3, -0.25) is 0 Å². The fourth-order valence-electron chi connectivity index (χ4n) is 1.49. The fourth-order valence-corrected chi connectivity index (χ4v) is 3.69. The summed E-state index contributed by atoms with van der Waals surface area (Å²) in [6.45, 7) is 5.17. The molecule has 0 bridgehead atoms. The van der Waals surface area contributed by atoms with E-state index < -0.39 is 16.0 Å². The number of thioether (sulfide) groups is 1. The van der Waals surface area contributed by atoms with Crippen LogP contribution < -0.4 is 4.72 Å². The van der Waals surface area contributed by atoms with Gasteiger partial charge in [0.25, 0.3) is 0 Å². The lowest BCUT2D eigenvalue weighted by atomic mass is 10.4. The number of aryl methyl sites for hydroxylation is 1. The number of furan rings is 1. The van der Waals surface area contributed by atoms with Crippen LogP contribution in [0, 0.1) is 6.92 Å². The number of carboxylic acid groups (broad SMARTS) is 1. The van der Waals surface area contributed by atoms with E-state index in [1.807, 2.05) is 6.92 Å². The van der Waals surface area contributed by atoms with Gasteiger partial charge in [-0.25, -0.2) is 17.9 Å². The van der Waals surface area contributed by atoms with Crippen LogP contribution in [-0.2, 0) is 10.0 Å². The fraction of sp³-hybridized carbons (Fsp3) is 0.545. The van der Waals surface area contributed by atoms with Crippen molar-refractivity contribution >= 4 is 27.8 Å². The third kappa shape index (κ3) is 4.26. The molecule has 1 atom stereocenters. The van der Waals surface area contributed by atoms with Crippen molar-refractivity contribution in [2.75, 3.05) is 11.5 Å². The molecular formula is C11H17NO5S2. The topological polar surface area (TPSA) is 96.6 Å². The Kier molecular flexibility index (Phi) is 5.45. The van der Waals surface area contributed by atoms with Crippen LogP contribution in [0.2, 0.25) is 0 Å². The summed E-state index contributed by atoms with van der Waals surface area (Å²) in [6, 6.07) is 0.789. The maximum atomic E-state index is 12.1. The summed E-state index contributed by atoms with van der Waals surface area (Å²) in [6.07, 6.45) is 0. The Labute approximate surface area is 116 Å². The molecule has 0 saturated heterocycles. The maximum absolute atomic E-state index is 12.1. The van der Waals surface area contributed by atoms with Crippen LogP contribution in [0.3, 0.4) is 0 Å². The van der Waals surface area contributed by atoms with Crippen LogP contribution in [0.5, 0.6) is 0 Å². The van der Waals surface area contributed by atoms with Crippen molar-refractivity contribution in [2.45, 2.75) is 31.7 Å². The number of hydrogen-bond acceptors (Lipinski definition) is 5. The first kappa shape index (κ1) is 16.1. The van der Waals surface area contributed by atoms with Gasteiger partial charge in [-0.2, -0.15) is 11.8 Å². The van der Waals surface area contributed by atoms with Gasteiger partial charge in [0.05, 0.1) is 0 Å². The first-order chi connectivity index (χ1) is 8.77. The molecule has 0 amide bonds. The highest BCUT2D eigenvalue weighted by Gasteiger charge is 2.25. The van der Waals surface area contributed by atoms with Crippen LogP contribution in [0.15, 0.2) is 15.4 Å². The minimum atomic E-state index is -3.75. The minimum absolute atomic E-state index is 0.0697. The normalized spacial score (nSPS) is 13.4. The highest BCUT2D eigenvalue weighted by atomic mass is 32.2. The van der Waals surface area contributed by atoms with E-state index in [4.69, 9.17) is 9.52 Å². The lowest BCUT2D eigenvalue weighted by Gasteiger charge is -2.12. The molecule has 6 nitrogen and oxygen atoms in total. The molecule has 0 spiro atoms. The number of aromatic carboxylic acids is 1. The maximum Gasteiger partial charge on any atom is 0.371 e.